The van der Waals surface area contributed by atoms with E-state index in [2.05, 4.69) is 9.97 Å². The molecule has 0 saturated heterocycles. The van der Waals surface area contributed by atoms with E-state index in [1.807, 2.05) is 6.92 Å². The molecule has 2 rings (SSSR count). The number of carboxylic acid groups (broad SMARTS) is 1. The van der Waals surface area contributed by atoms with Crippen LogP contribution in [0.4, 0.5) is 0 Å². The average molecular weight is 311 g/mol. The fourth-order valence-corrected chi connectivity index (χ4v) is 2.38. The Labute approximate surface area is 126 Å². The Kier molecular flexibility index (Phi) is 4.57. The molecule has 20 heavy (non-hydrogen) atoms. The number of aromatic carboxylic acids is 1. The van der Waals surface area contributed by atoms with Gasteiger partial charge in [0.25, 0.3) is 0 Å². The standard InChI is InChI=1S/C14H12Cl2N2O2/c1-2-12-9(14(19)20)7-17-13(18-12)6-8-10(15)4-3-5-11(8)16/h3-5,7H,2,6H2,1H3,(H,19,20). The van der Waals surface area contributed by atoms with Crippen LogP contribution in [-0.4, -0.2) is 21.0 Å². The first-order valence-corrected chi connectivity index (χ1v) is 6.79. The van der Waals surface area contributed by atoms with Gasteiger partial charge >= 0.3 is 5.97 Å². The molecule has 0 atom stereocenters. The van der Waals surface area contributed by atoms with E-state index in [0.717, 1.165) is 5.56 Å². The largest absolute Gasteiger partial charge is 0.478 e. The Morgan fingerprint density at radius 3 is 2.50 bits per heavy atom. The molecule has 0 saturated carbocycles. The molecule has 1 aromatic carbocycles. The van der Waals surface area contributed by atoms with Gasteiger partial charge in [0.15, 0.2) is 0 Å². The maximum absolute atomic E-state index is 11.0. The lowest BCUT2D eigenvalue weighted by molar-refractivity contribution is 0.0694. The van der Waals surface area contributed by atoms with E-state index >= 15 is 0 Å². The lowest BCUT2D eigenvalue weighted by Crippen LogP contribution is -2.09. The third-order valence-electron chi connectivity index (χ3n) is 2.88. The summed E-state index contributed by atoms with van der Waals surface area (Å²) in [6.45, 7) is 1.85. The van der Waals surface area contributed by atoms with Crippen LogP contribution in [0.3, 0.4) is 0 Å². The van der Waals surface area contributed by atoms with E-state index in [0.29, 0.717) is 34.4 Å². The van der Waals surface area contributed by atoms with Gasteiger partial charge in [-0.25, -0.2) is 14.8 Å². The first kappa shape index (κ1) is 14.8. The maximum Gasteiger partial charge on any atom is 0.339 e. The smallest absolute Gasteiger partial charge is 0.339 e. The van der Waals surface area contributed by atoms with Crippen LogP contribution in [0.15, 0.2) is 24.4 Å². The molecule has 0 unspecified atom stereocenters. The van der Waals surface area contributed by atoms with Crippen LogP contribution in [0.1, 0.15) is 34.4 Å². The van der Waals surface area contributed by atoms with Crippen molar-refractivity contribution in [3.05, 3.63) is 57.1 Å². The molecule has 1 heterocycles. The van der Waals surface area contributed by atoms with Crippen LogP contribution in [0, 0.1) is 0 Å². The summed E-state index contributed by atoms with van der Waals surface area (Å²) in [4.78, 5) is 19.4. The van der Waals surface area contributed by atoms with Crippen molar-refractivity contribution in [2.75, 3.05) is 0 Å². The Balaban J connectivity index is 2.37. The number of aryl methyl sites for hydroxylation is 1. The molecule has 0 aliphatic rings. The van der Waals surface area contributed by atoms with Gasteiger partial charge in [-0.2, -0.15) is 0 Å². The summed E-state index contributed by atoms with van der Waals surface area (Å²) < 4.78 is 0. The molecule has 0 radical (unpaired) electrons. The highest BCUT2D eigenvalue weighted by Gasteiger charge is 2.14. The Bertz CT molecular complexity index is 639. The SMILES string of the molecule is CCc1nc(Cc2c(Cl)cccc2Cl)ncc1C(=O)O. The molecule has 2 aromatic rings. The average Bonchev–Trinajstić information content (AvgIpc) is 2.42. The number of benzene rings is 1. The van der Waals surface area contributed by atoms with Crippen molar-refractivity contribution in [2.45, 2.75) is 19.8 Å². The van der Waals surface area contributed by atoms with Crippen molar-refractivity contribution in [1.82, 2.24) is 9.97 Å². The van der Waals surface area contributed by atoms with E-state index in [1.54, 1.807) is 18.2 Å². The number of aromatic nitrogens is 2. The highest BCUT2D eigenvalue weighted by molar-refractivity contribution is 6.36. The van der Waals surface area contributed by atoms with Crippen molar-refractivity contribution >= 4 is 29.2 Å². The van der Waals surface area contributed by atoms with Crippen LogP contribution in [0.2, 0.25) is 10.0 Å². The van der Waals surface area contributed by atoms with Gasteiger partial charge in [-0.05, 0) is 24.1 Å². The quantitative estimate of drug-likeness (QED) is 0.936. The van der Waals surface area contributed by atoms with Gasteiger partial charge in [0.1, 0.15) is 5.82 Å². The third-order valence-corrected chi connectivity index (χ3v) is 3.59. The zero-order valence-electron chi connectivity index (χ0n) is 10.7. The van der Waals surface area contributed by atoms with E-state index in [9.17, 15) is 4.79 Å². The first-order valence-electron chi connectivity index (χ1n) is 6.04. The molecule has 6 heteroatoms. The summed E-state index contributed by atoms with van der Waals surface area (Å²) in [6, 6.07) is 5.25. The number of halogens is 2. The number of carbonyl (C=O) groups is 1. The Morgan fingerprint density at radius 1 is 1.30 bits per heavy atom. The Hall–Kier alpha value is -1.65. The molecule has 4 nitrogen and oxygen atoms in total. The van der Waals surface area contributed by atoms with Gasteiger partial charge in [-0.15, -0.1) is 0 Å². The number of hydrogen-bond donors (Lipinski definition) is 1. The highest BCUT2D eigenvalue weighted by atomic mass is 35.5. The molecular weight excluding hydrogens is 299 g/mol. The summed E-state index contributed by atoms with van der Waals surface area (Å²) in [5, 5.41) is 10.1. The summed E-state index contributed by atoms with van der Waals surface area (Å²) in [7, 11) is 0. The summed E-state index contributed by atoms with van der Waals surface area (Å²) >= 11 is 12.2. The molecular formula is C14H12Cl2N2O2. The molecule has 0 amide bonds. The van der Waals surface area contributed by atoms with Crippen molar-refractivity contribution in [2.24, 2.45) is 0 Å². The predicted molar refractivity (Wildman–Crippen MR) is 77.6 cm³/mol. The maximum atomic E-state index is 11.0. The predicted octanol–water partition coefficient (Wildman–Crippen LogP) is 3.63. The molecule has 0 aliphatic heterocycles. The molecule has 0 aliphatic carbocycles. The van der Waals surface area contributed by atoms with E-state index < -0.39 is 5.97 Å². The zero-order chi connectivity index (χ0) is 14.7. The summed E-state index contributed by atoms with van der Waals surface area (Å²) in [5.41, 5.74) is 1.37. The molecule has 104 valence electrons. The zero-order valence-corrected chi connectivity index (χ0v) is 12.2. The second-order valence-corrected chi connectivity index (χ2v) is 5.00. The van der Waals surface area contributed by atoms with Gasteiger partial charge in [0, 0.05) is 22.7 Å². The number of hydrogen-bond acceptors (Lipinski definition) is 3. The van der Waals surface area contributed by atoms with E-state index in [4.69, 9.17) is 28.3 Å². The van der Waals surface area contributed by atoms with Gasteiger partial charge in [0.05, 0.1) is 11.3 Å². The van der Waals surface area contributed by atoms with Crippen LogP contribution in [0.25, 0.3) is 0 Å². The summed E-state index contributed by atoms with van der Waals surface area (Å²) in [6.07, 6.45) is 2.22. The first-order chi connectivity index (χ1) is 9.52. The minimum atomic E-state index is -1.02. The molecule has 1 aromatic heterocycles. The second-order valence-electron chi connectivity index (χ2n) is 4.18. The molecule has 1 N–H and O–H groups in total. The number of rotatable bonds is 4. The normalized spacial score (nSPS) is 10.6. The monoisotopic (exact) mass is 310 g/mol. The van der Waals surface area contributed by atoms with Crippen LogP contribution >= 0.6 is 23.2 Å². The van der Waals surface area contributed by atoms with Gasteiger partial charge in [-0.3, -0.25) is 0 Å². The van der Waals surface area contributed by atoms with Gasteiger partial charge in [0.2, 0.25) is 0 Å². The van der Waals surface area contributed by atoms with E-state index in [1.165, 1.54) is 6.20 Å². The summed E-state index contributed by atoms with van der Waals surface area (Å²) in [5.74, 6) is -0.522. The minimum Gasteiger partial charge on any atom is -0.478 e. The second kappa shape index (κ2) is 6.20. The van der Waals surface area contributed by atoms with Crippen LogP contribution in [-0.2, 0) is 12.8 Å². The van der Waals surface area contributed by atoms with Gasteiger partial charge in [-0.1, -0.05) is 36.2 Å². The van der Waals surface area contributed by atoms with Crippen molar-refractivity contribution in [3.8, 4) is 0 Å². The van der Waals surface area contributed by atoms with Crippen molar-refractivity contribution in [1.29, 1.82) is 0 Å². The minimum absolute atomic E-state index is 0.126. The molecule has 0 spiro atoms. The molecule has 0 fully saturated rings. The Morgan fingerprint density at radius 2 is 1.95 bits per heavy atom. The fourth-order valence-electron chi connectivity index (χ4n) is 1.85. The van der Waals surface area contributed by atoms with Gasteiger partial charge < -0.3 is 5.11 Å². The highest BCUT2D eigenvalue weighted by Crippen LogP contribution is 2.26. The van der Waals surface area contributed by atoms with Crippen LogP contribution in [0.5, 0.6) is 0 Å². The van der Waals surface area contributed by atoms with Crippen molar-refractivity contribution in [3.63, 3.8) is 0 Å². The lowest BCUT2D eigenvalue weighted by Gasteiger charge is -2.08. The number of carboxylic acids is 1. The van der Waals surface area contributed by atoms with Crippen LogP contribution < -0.4 is 0 Å². The topological polar surface area (TPSA) is 63.1 Å². The molecule has 0 bridgehead atoms. The fraction of sp³-hybridized carbons (Fsp3) is 0.214. The van der Waals surface area contributed by atoms with E-state index in [-0.39, 0.29) is 5.56 Å². The third kappa shape index (κ3) is 3.08. The number of nitrogens with zero attached hydrogens (tertiary/aromatic N) is 2. The van der Waals surface area contributed by atoms with Crippen molar-refractivity contribution < 1.29 is 9.90 Å². The lowest BCUT2D eigenvalue weighted by atomic mass is 10.1.